The molecule has 0 unspecified atom stereocenters. The average Bonchev–Trinajstić information content (AvgIpc) is 1.96. The van der Waals surface area contributed by atoms with Gasteiger partial charge in [-0.25, -0.2) is 13.9 Å². The highest BCUT2D eigenvalue weighted by Crippen LogP contribution is 2.14. The summed E-state index contributed by atoms with van der Waals surface area (Å²) in [6, 6.07) is 0. The van der Waals surface area contributed by atoms with Crippen LogP contribution in [0.15, 0.2) is 0 Å². The van der Waals surface area contributed by atoms with Crippen LogP contribution in [0.5, 0.6) is 0 Å². The first kappa shape index (κ1) is 12.9. The summed E-state index contributed by atoms with van der Waals surface area (Å²) in [5, 5.41) is 0. The molecule has 0 rings (SSSR count). The molecule has 5 heteroatoms. The third kappa shape index (κ3) is 4.59. The summed E-state index contributed by atoms with van der Waals surface area (Å²) < 4.78 is 22.4. The van der Waals surface area contributed by atoms with Crippen LogP contribution in [-0.4, -0.2) is 32.1 Å². The van der Waals surface area contributed by atoms with Crippen molar-refractivity contribution in [1.29, 1.82) is 0 Å². The van der Waals surface area contributed by atoms with Gasteiger partial charge < -0.3 is 4.84 Å². The van der Waals surface area contributed by atoms with Crippen LogP contribution in [-0.2, 0) is 14.7 Å². The molecule has 0 saturated carbocycles. The second-order valence-electron chi connectivity index (χ2n) is 3.76. The number of hydrogen-bond acceptors (Lipinski definition) is 4. The van der Waals surface area contributed by atoms with E-state index in [1.54, 1.807) is 20.8 Å². The zero-order chi connectivity index (χ0) is 10.5. The lowest BCUT2D eigenvalue weighted by Gasteiger charge is -2.18. The maximum Gasteiger partial charge on any atom is 0.156 e. The van der Waals surface area contributed by atoms with E-state index in [9.17, 15) is 8.42 Å². The smallest absolute Gasteiger partial charge is 0.156 e. The van der Waals surface area contributed by atoms with Gasteiger partial charge in [-0.1, -0.05) is 0 Å². The molecule has 0 aromatic heterocycles. The van der Waals surface area contributed by atoms with Crippen LogP contribution in [0.1, 0.15) is 27.7 Å². The van der Waals surface area contributed by atoms with E-state index in [1.807, 2.05) is 6.92 Å². The molecule has 0 fully saturated rings. The Morgan fingerprint density at radius 1 is 1.31 bits per heavy atom. The first-order valence-corrected chi connectivity index (χ1v) is 6.03. The normalized spacial score (nSPS) is 13.2. The van der Waals surface area contributed by atoms with Gasteiger partial charge in [0.2, 0.25) is 0 Å². The molecule has 0 amide bonds. The summed E-state index contributed by atoms with van der Waals surface area (Å²) in [5.74, 6) is 0.108. The van der Waals surface area contributed by atoms with Crippen LogP contribution < -0.4 is 5.48 Å². The summed E-state index contributed by atoms with van der Waals surface area (Å²) in [4.78, 5) is 4.83. The maximum atomic E-state index is 11.5. The van der Waals surface area contributed by atoms with Crippen molar-refractivity contribution in [3.05, 3.63) is 0 Å². The van der Waals surface area contributed by atoms with Crippen molar-refractivity contribution in [3.8, 4) is 0 Å². The predicted molar refractivity (Wildman–Crippen MR) is 53.2 cm³/mol. The molecule has 0 aliphatic rings. The molecule has 0 atom stereocenters. The van der Waals surface area contributed by atoms with Gasteiger partial charge in [0.1, 0.15) is 0 Å². The molecule has 13 heavy (non-hydrogen) atoms. The van der Waals surface area contributed by atoms with E-state index < -0.39 is 14.6 Å². The molecular formula is C8H19NO3S. The zero-order valence-corrected chi connectivity index (χ0v) is 9.57. The maximum absolute atomic E-state index is 11.5. The van der Waals surface area contributed by atoms with Gasteiger partial charge in [0.25, 0.3) is 0 Å². The van der Waals surface area contributed by atoms with E-state index in [-0.39, 0.29) is 5.75 Å². The minimum atomic E-state index is -3.02. The molecule has 0 aromatic carbocycles. The van der Waals surface area contributed by atoms with Crippen LogP contribution in [0.3, 0.4) is 0 Å². The van der Waals surface area contributed by atoms with Gasteiger partial charge in [0.05, 0.1) is 17.1 Å². The predicted octanol–water partition coefficient (Wildman–Crippen LogP) is 0.741. The van der Waals surface area contributed by atoms with E-state index in [4.69, 9.17) is 4.84 Å². The summed E-state index contributed by atoms with van der Waals surface area (Å²) in [7, 11) is -3.02. The van der Waals surface area contributed by atoms with Gasteiger partial charge in [-0.05, 0) is 27.7 Å². The SMILES string of the molecule is CCONCCS(=O)(=O)C(C)(C)C. The van der Waals surface area contributed by atoms with Gasteiger partial charge in [0.15, 0.2) is 9.84 Å². The molecule has 80 valence electrons. The molecule has 0 heterocycles. The quantitative estimate of drug-likeness (QED) is 0.536. The number of hydroxylamine groups is 1. The number of sulfone groups is 1. The van der Waals surface area contributed by atoms with E-state index in [0.29, 0.717) is 13.2 Å². The minimum Gasteiger partial charge on any atom is -0.302 e. The molecule has 0 saturated heterocycles. The zero-order valence-electron chi connectivity index (χ0n) is 8.75. The highest BCUT2D eigenvalue weighted by atomic mass is 32.2. The topological polar surface area (TPSA) is 55.4 Å². The molecular weight excluding hydrogens is 190 g/mol. The van der Waals surface area contributed by atoms with Crippen LogP contribution in [0.2, 0.25) is 0 Å². The molecule has 0 spiro atoms. The highest BCUT2D eigenvalue weighted by molar-refractivity contribution is 7.92. The van der Waals surface area contributed by atoms with E-state index in [2.05, 4.69) is 5.48 Å². The van der Waals surface area contributed by atoms with Crippen LogP contribution in [0.4, 0.5) is 0 Å². The first-order chi connectivity index (χ1) is 5.81. The van der Waals surface area contributed by atoms with Crippen molar-refractivity contribution in [2.24, 2.45) is 0 Å². The Morgan fingerprint density at radius 3 is 2.23 bits per heavy atom. The Kier molecular flexibility index (Phi) is 4.88. The molecule has 0 aromatic rings. The van der Waals surface area contributed by atoms with E-state index in [1.165, 1.54) is 0 Å². The Balaban J connectivity index is 3.92. The lowest BCUT2D eigenvalue weighted by molar-refractivity contribution is 0.0550. The van der Waals surface area contributed by atoms with Gasteiger partial charge >= 0.3 is 0 Å². The van der Waals surface area contributed by atoms with Crippen LogP contribution in [0.25, 0.3) is 0 Å². The number of hydrogen-bond donors (Lipinski definition) is 1. The van der Waals surface area contributed by atoms with Crippen molar-refractivity contribution >= 4 is 9.84 Å². The number of nitrogens with one attached hydrogen (secondary N) is 1. The van der Waals surface area contributed by atoms with Gasteiger partial charge in [0, 0.05) is 6.54 Å². The van der Waals surface area contributed by atoms with Crippen molar-refractivity contribution in [2.45, 2.75) is 32.4 Å². The lowest BCUT2D eigenvalue weighted by Crippen LogP contribution is -2.34. The van der Waals surface area contributed by atoms with Gasteiger partial charge in [-0.3, -0.25) is 0 Å². The summed E-state index contributed by atoms with van der Waals surface area (Å²) >= 11 is 0. The van der Waals surface area contributed by atoms with Crippen LogP contribution in [0, 0.1) is 0 Å². The third-order valence-electron chi connectivity index (χ3n) is 1.65. The number of rotatable bonds is 5. The summed E-state index contributed by atoms with van der Waals surface area (Å²) in [5.41, 5.74) is 2.58. The van der Waals surface area contributed by atoms with Gasteiger partial charge in [-0.2, -0.15) is 0 Å². The second-order valence-corrected chi connectivity index (χ2v) is 6.62. The van der Waals surface area contributed by atoms with Crippen molar-refractivity contribution in [3.63, 3.8) is 0 Å². The Labute approximate surface area is 80.5 Å². The molecule has 0 bridgehead atoms. The van der Waals surface area contributed by atoms with E-state index >= 15 is 0 Å². The molecule has 1 N–H and O–H groups in total. The fourth-order valence-electron chi connectivity index (χ4n) is 0.656. The van der Waals surface area contributed by atoms with Crippen LogP contribution >= 0.6 is 0 Å². The van der Waals surface area contributed by atoms with Crippen molar-refractivity contribution in [1.82, 2.24) is 5.48 Å². The average molecular weight is 209 g/mol. The third-order valence-corrected chi connectivity index (χ3v) is 4.26. The molecule has 4 nitrogen and oxygen atoms in total. The highest BCUT2D eigenvalue weighted by Gasteiger charge is 2.27. The molecule has 0 aliphatic heterocycles. The molecule has 0 aliphatic carbocycles. The lowest BCUT2D eigenvalue weighted by atomic mass is 10.3. The Bertz CT molecular complexity index is 228. The first-order valence-electron chi connectivity index (χ1n) is 4.38. The summed E-state index contributed by atoms with van der Waals surface area (Å²) in [6.45, 7) is 7.81. The fourth-order valence-corrected chi connectivity index (χ4v) is 1.62. The monoisotopic (exact) mass is 209 g/mol. The van der Waals surface area contributed by atoms with Crippen molar-refractivity contribution < 1.29 is 13.3 Å². The molecule has 0 radical (unpaired) electrons. The van der Waals surface area contributed by atoms with E-state index in [0.717, 1.165) is 0 Å². The fraction of sp³-hybridized carbons (Fsp3) is 1.00. The standard InChI is InChI=1S/C8H19NO3S/c1-5-12-9-6-7-13(10,11)8(2,3)4/h9H,5-7H2,1-4H3. The summed E-state index contributed by atoms with van der Waals surface area (Å²) in [6.07, 6.45) is 0. The minimum absolute atomic E-state index is 0.108. The van der Waals surface area contributed by atoms with Gasteiger partial charge in [-0.15, -0.1) is 0 Å². The Hall–Kier alpha value is -0.130. The largest absolute Gasteiger partial charge is 0.302 e. The van der Waals surface area contributed by atoms with Crippen molar-refractivity contribution in [2.75, 3.05) is 18.9 Å². The Morgan fingerprint density at radius 2 is 1.85 bits per heavy atom. The second kappa shape index (κ2) is 4.93.